The predicted octanol–water partition coefficient (Wildman–Crippen LogP) is 2.62. The molecule has 4 rings (SSSR count). The van der Waals surface area contributed by atoms with Gasteiger partial charge in [0.2, 0.25) is 0 Å². The summed E-state index contributed by atoms with van der Waals surface area (Å²) >= 11 is 0. The molecular weight excluding hydrogens is 354 g/mol. The predicted molar refractivity (Wildman–Crippen MR) is 109 cm³/mol. The molecule has 0 aliphatic carbocycles. The molecule has 1 aliphatic rings. The lowest BCUT2D eigenvalue weighted by molar-refractivity contribution is -0.122. The van der Waals surface area contributed by atoms with Crippen molar-refractivity contribution in [2.45, 2.75) is 25.4 Å². The lowest BCUT2D eigenvalue weighted by atomic mass is 10.0. The van der Waals surface area contributed by atoms with E-state index in [0.717, 1.165) is 27.8 Å². The van der Waals surface area contributed by atoms with Gasteiger partial charge in [-0.2, -0.15) is 5.10 Å². The third kappa shape index (κ3) is 3.90. The normalized spacial score (nSPS) is 19.3. The van der Waals surface area contributed by atoms with Crippen molar-refractivity contribution in [3.05, 3.63) is 65.9 Å². The Balaban J connectivity index is 1.35. The minimum absolute atomic E-state index is 0.0359. The number of carbonyl (C=O) groups is 1. The number of hydrazine groups is 1. The van der Waals surface area contributed by atoms with Gasteiger partial charge in [0.1, 0.15) is 11.8 Å². The first-order valence-electron chi connectivity index (χ1n) is 9.37. The first-order valence-corrected chi connectivity index (χ1v) is 9.37. The number of aromatic nitrogens is 1. The molecule has 3 aromatic rings. The molecular formula is C21H23N5O2. The van der Waals surface area contributed by atoms with E-state index in [9.17, 15) is 4.79 Å². The van der Waals surface area contributed by atoms with Gasteiger partial charge in [0, 0.05) is 28.7 Å². The number of hydrogen-bond acceptors (Lipinski definition) is 5. The fourth-order valence-corrected chi connectivity index (χ4v) is 3.38. The Morgan fingerprint density at radius 1 is 1.25 bits per heavy atom. The van der Waals surface area contributed by atoms with Crippen molar-refractivity contribution >= 4 is 23.0 Å². The summed E-state index contributed by atoms with van der Waals surface area (Å²) in [6.45, 7) is 2.58. The highest BCUT2D eigenvalue weighted by Gasteiger charge is 2.30. The van der Waals surface area contributed by atoms with Gasteiger partial charge in [-0.15, -0.1) is 0 Å². The molecule has 2 heterocycles. The Morgan fingerprint density at radius 3 is 3.04 bits per heavy atom. The summed E-state index contributed by atoms with van der Waals surface area (Å²) in [6, 6.07) is 15.5. The van der Waals surface area contributed by atoms with E-state index in [1.165, 1.54) is 0 Å². The van der Waals surface area contributed by atoms with Gasteiger partial charge < -0.3 is 9.72 Å². The largest absolute Gasteiger partial charge is 0.494 e. The number of rotatable bonds is 6. The quantitative estimate of drug-likeness (QED) is 0.393. The average Bonchev–Trinajstić information content (AvgIpc) is 3.36. The Kier molecular flexibility index (Phi) is 5.36. The molecule has 7 nitrogen and oxygen atoms in total. The topological polar surface area (TPSA) is 90.5 Å². The van der Waals surface area contributed by atoms with Crippen LogP contribution in [0.25, 0.3) is 10.9 Å². The van der Waals surface area contributed by atoms with Crippen LogP contribution in [0.4, 0.5) is 0 Å². The van der Waals surface area contributed by atoms with E-state index in [-0.39, 0.29) is 18.0 Å². The Hall–Kier alpha value is -3.16. The second-order valence-electron chi connectivity index (χ2n) is 6.66. The molecule has 2 aromatic carbocycles. The van der Waals surface area contributed by atoms with Crippen LogP contribution in [0.5, 0.6) is 5.75 Å². The van der Waals surface area contributed by atoms with Crippen LogP contribution in [0, 0.1) is 0 Å². The van der Waals surface area contributed by atoms with Crippen molar-refractivity contribution in [3.63, 3.8) is 0 Å². The van der Waals surface area contributed by atoms with Crippen LogP contribution < -0.4 is 21.0 Å². The van der Waals surface area contributed by atoms with Gasteiger partial charge in [0.05, 0.1) is 12.8 Å². The van der Waals surface area contributed by atoms with Crippen LogP contribution in [0.2, 0.25) is 0 Å². The fraction of sp³-hybridized carbons (Fsp3) is 0.238. The highest BCUT2D eigenvalue weighted by atomic mass is 16.5. The molecule has 1 fully saturated rings. The third-order valence-corrected chi connectivity index (χ3v) is 4.79. The summed E-state index contributed by atoms with van der Waals surface area (Å²) in [5.41, 5.74) is 11.9. The monoisotopic (exact) mass is 377 g/mol. The maximum Gasteiger partial charge on any atom is 0.258 e. The van der Waals surface area contributed by atoms with Gasteiger partial charge in [-0.05, 0) is 37.1 Å². The second kappa shape index (κ2) is 8.24. The number of carbonyl (C=O) groups excluding carboxylic acids is 1. The molecule has 0 radical (unpaired) electrons. The molecule has 2 atom stereocenters. The summed E-state index contributed by atoms with van der Waals surface area (Å²) in [6.07, 6.45) is 4.16. The summed E-state index contributed by atoms with van der Waals surface area (Å²) in [4.78, 5) is 15.6. The molecule has 0 bridgehead atoms. The molecule has 144 valence electrons. The maximum absolute atomic E-state index is 12.4. The van der Waals surface area contributed by atoms with Gasteiger partial charge in [-0.3, -0.25) is 4.79 Å². The average molecular weight is 377 g/mol. The SMILES string of the molecule is CCOc1cccc(C2CC(C(=O)N/N=C/c3c[nH]c4ccccc34)NN2)c1. The van der Waals surface area contributed by atoms with E-state index in [1.54, 1.807) is 6.21 Å². The summed E-state index contributed by atoms with van der Waals surface area (Å²) < 4.78 is 5.55. The molecule has 4 N–H and O–H groups in total. The lowest BCUT2D eigenvalue weighted by Crippen LogP contribution is -2.41. The molecule has 2 unspecified atom stereocenters. The van der Waals surface area contributed by atoms with Crippen LogP contribution in [0.3, 0.4) is 0 Å². The van der Waals surface area contributed by atoms with Crippen LogP contribution >= 0.6 is 0 Å². The van der Waals surface area contributed by atoms with Crippen LogP contribution in [0.1, 0.15) is 30.5 Å². The van der Waals surface area contributed by atoms with Gasteiger partial charge in [-0.1, -0.05) is 30.3 Å². The van der Waals surface area contributed by atoms with Gasteiger partial charge in [0.25, 0.3) is 5.91 Å². The number of para-hydroxylation sites is 1. The zero-order valence-corrected chi connectivity index (χ0v) is 15.6. The number of amides is 1. The van der Waals surface area contributed by atoms with E-state index in [2.05, 4.69) is 26.4 Å². The summed E-state index contributed by atoms with van der Waals surface area (Å²) in [5, 5.41) is 5.18. The molecule has 0 saturated carbocycles. The number of nitrogens with zero attached hydrogens (tertiary/aromatic N) is 1. The van der Waals surface area contributed by atoms with Gasteiger partial charge in [0.15, 0.2) is 0 Å². The highest BCUT2D eigenvalue weighted by molar-refractivity contribution is 5.99. The number of H-pyrrole nitrogens is 1. The molecule has 7 heteroatoms. The van der Waals surface area contributed by atoms with E-state index >= 15 is 0 Å². The van der Waals surface area contributed by atoms with Gasteiger partial charge in [-0.25, -0.2) is 16.3 Å². The number of hydrazone groups is 1. The molecule has 28 heavy (non-hydrogen) atoms. The lowest BCUT2D eigenvalue weighted by Gasteiger charge is -2.11. The van der Waals surface area contributed by atoms with E-state index < -0.39 is 0 Å². The van der Waals surface area contributed by atoms with E-state index in [1.807, 2.05) is 61.7 Å². The Bertz CT molecular complexity index is 997. The second-order valence-corrected chi connectivity index (χ2v) is 6.66. The zero-order chi connectivity index (χ0) is 19.3. The number of ether oxygens (including phenoxy) is 1. The van der Waals surface area contributed by atoms with E-state index in [4.69, 9.17) is 4.74 Å². The minimum Gasteiger partial charge on any atom is -0.494 e. The van der Waals surface area contributed by atoms with Crippen molar-refractivity contribution in [1.82, 2.24) is 21.3 Å². The summed E-state index contributed by atoms with van der Waals surface area (Å²) in [7, 11) is 0. The standard InChI is InChI=1S/C21H23N5O2/c1-2-28-16-7-5-6-14(10-16)19-11-20(25-24-19)21(27)26-23-13-15-12-22-18-9-4-3-8-17(15)18/h3-10,12-13,19-20,22,24-25H,2,11H2,1H3,(H,26,27)/b23-13+. The van der Waals surface area contributed by atoms with Crippen molar-refractivity contribution in [1.29, 1.82) is 0 Å². The molecule has 1 aliphatic heterocycles. The first-order chi connectivity index (χ1) is 13.7. The van der Waals surface area contributed by atoms with Crippen molar-refractivity contribution < 1.29 is 9.53 Å². The maximum atomic E-state index is 12.4. The number of nitrogens with one attached hydrogen (secondary N) is 4. The van der Waals surface area contributed by atoms with Crippen LogP contribution in [0.15, 0.2) is 59.8 Å². The number of benzene rings is 2. The zero-order valence-electron chi connectivity index (χ0n) is 15.6. The van der Waals surface area contributed by atoms with Crippen molar-refractivity contribution in [3.8, 4) is 5.75 Å². The van der Waals surface area contributed by atoms with E-state index in [0.29, 0.717) is 13.0 Å². The molecule has 1 saturated heterocycles. The van der Waals surface area contributed by atoms with Gasteiger partial charge >= 0.3 is 0 Å². The fourth-order valence-electron chi connectivity index (χ4n) is 3.38. The number of fused-ring (bicyclic) bond motifs is 1. The Labute approximate surface area is 163 Å². The minimum atomic E-state index is -0.360. The van der Waals surface area contributed by atoms with Crippen LogP contribution in [-0.4, -0.2) is 29.8 Å². The highest BCUT2D eigenvalue weighted by Crippen LogP contribution is 2.25. The third-order valence-electron chi connectivity index (χ3n) is 4.79. The molecule has 1 amide bonds. The molecule has 1 aromatic heterocycles. The number of aromatic amines is 1. The van der Waals surface area contributed by atoms with Crippen molar-refractivity contribution in [2.75, 3.05) is 6.61 Å². The summed E-state index contributed by atoms with van der Waals surface area (Å²) in [5.74, 6) is 0.657. The number of hydrogen-bond donors (Lipinski definition) is 4. The van der Waals surface area contributed by atoms with Crippen LogP contribution in [-0.2, 0) is 4.79 Å². The van der Waals surface area contributed by atoms with Crippen molar-refractivity contribution in [2.24, 2.45) is 5.10 Å². The Morgan fingerprint density at radius 2 is 2.14 bits per heavy atom. The molecule has 0 spiro atoms. The smallest absolute Gasteiger partial charge is 0.258 e. The first kappa shape index (κ1) is 18.2.